The third-order valence-electron chi connectivity index (χ3n) is 8.41. The first kappa shape index (κ1) is 30.5. The Balaban J connectivity index is 1.96. The Kier molecular flexibility index (Phi) is 9.72. The van der Waals surface area contributed by atoms with Crippen molar-refractivity contribution >= 4 is 0 Å². The smallest absolute Gasteiger partial charge is 0.306 e. The fraction of sp³-hybridized carbons (Fsp3) is 0.333. The zero-order valence-corrected chi connectivity index (χ0v) is 24.7. The fourth-order valence-electron chi connectivity index (χ4n) is 6.08. The maximum absolute atomic E-state index is 14.1. The average molecular weight is 559 g/mol. The number of benzene rings is 4. The van der Waals surface area contributed by atoms with Gasteiger partial charge in [0, 0.05) is 12.0 Å². The Morgan fingerprint density at radius 1 is 0.659 bits per heavy atom. The van der Waals surface area contributed by atoms with Gasteiger partial charge in [-0.2, -0.15) is 13.2 Å². The molecule has 5 heteroatoms. The minimum absolute atomic E-state index is 0.0949. The van der Waals surface area contributed by atoms with Crippen LogP contribution in [-0.4, -0.2) is 44.0 Å². The molecule has 0 aliphatic carbocycles. The van der Waals surface area contributed by atoms with Gasteiger partial charge in [0.05, 0.1) is 11.1 Å². The molecule has 4 rings (SSSR count). The van der Waals surface area contributed by atoms with Crippen LogP contribution >= 0.6 is 0 Å². The number of alkyl halides is 3. The highest BCUT2D eigenvalue weighted by Gasteiger charge is 2.45. The summed E-state index contributed by atoms with van der Waals surface area (Å²) in [5.74, 6) is -0.251. The molecule has 0 aromatic heterocycles. The first-order valence-corrected chi connectivity index (χ1v) is 14.2. The molecule has 0 N–H and O–H groups in total. The Hall–Kier alpha value is -3.41. The topological polar surface area (TPSA) is 6.48 Å². The van der Waals surface area contributed by atoms with Crippen molar-refractivity contribution < 1.29 is 13.2 Å². The normalized spacial score (nSPS) is 15.1. The maximum Gasteiger partial charge on any atom is 0.416 e. The van der Waals surface area contributed by atoms with Gasteiger partial charge in [0.15, 0.2) is 0 Å². The van der Waals surface area contributed by atoms with Gasteiger partial charge in [-0.05, 0) is 82.7 Å². The van der Waals surface area contributed by atoms with E-state index in [0.29, 0.717) is 18.4 Å². The van der Waals surface area contributed by atoms with Crippen LogP contribution in [0.5, 0.6) is 0 Å². The number of hydrogen-bond acceptors (Lipinski definition) is 2. The lowest BCUT2D eigenvalue weighted by atomic mass is 9.67. The third-order valence-corrected chi connectivity index (χ3v) is 8.41. The van der Waals surface area contributed by atoms with E-state index >= 15 is 0 Å². The van der Waals surface area contributed by atoms with E-state index in [0.717, 1.165) is 23.1 Å². The van der Waals surface area contributed by atoms with Gasteiger partial charge in [0.1, 0.15) is 0 Å². The molecule has 0 aliphatic heterocycles. The lowest BCUT2D eigenvalue weighted by Crippen LogP contribution is -2.50. The number of halogens is 3. The van der Waals surface area contributed by atoms with Crippen LogP contribution in [0.3, 0.4) is 0 Å². The maximum atomic E-state index is 14.1. The van der Waals surface area contributed by atoms with Crippen LogP contribution in [0.2, 0.25) is 0 Å². The van der Waals surface area contributed by atoms with Crippen molar-refractivity contribution in [3.63, 3.8) is 0 Å². The number of rotatable bonds is 11. The molecule has 0 heterocycles. The number of likely N-dealkylation sites (N-methyl/N-ethyl adjacent to an activating group) is 2. The molecule has 0 bridgehead atoms. The zero-order chi connectivity index (χ0) is 29.6. The number of aryl methyl sites for hydroxylation is 1. The Bertz CT molecular complexity index is 1370. The summed E-state index contributed by atoms with van der Waals surface area (Å²) in [6.07, 6.45) is -2.31. The monoisotopic (exact) mass is 558 g/mol. The molecule has 0 saturated carbocycles. The summed E-state index contributed by atoms with van der Waals surface area (Å²) in [6, 6.07) is 35.2. The Morgan fingerprint density at radius 3 is 1.78 bits per heavy atom. The number of hydrogen-bond donors (Lipinski definition) is 0. The van der Waals surface area contributed by atoms with Gasteiger partial charge in [0.2, 0.25) is 0 Å². The van der Waals surface area contributed by atoms with Gasteiger partial charge in [-0.3, -0.25) is 4.90 Å². The predicted octanol–water partition coefficient (Wildman–Crippen LogP) is 8.36. The SMILES string of the molecule is Cc1ccc(C(Cc2ccccc2)(C(CC(Cc2ccccc2)N(C)C)c2cccc(C(F)(F)F)c2)N(C)C)cc1. The third kappa shape index (κ3) is 7.27. The van der Waals surface area contributed by atoms with E-state index in [1.807, 2.05) is 42.5 Å². The molecular formula is C36H41F3N2. The van der Waals surface area contributed by atoms with E-state index in [1.54, 1.807) is 6.07 Å². The van der Waals surface area contributed by atoms with Crippen LogP contribution in [0.25, 0.3) is 0 Å². The van der Waals surface area contributed by atoms with Crippen molar-refractivity contribution in [2.75, 3.05) is 28.2 Å². The molecule has 0 radical (unpaired) electrons. The molecule has 0 spiro atoms. The molecule has 0 aliphatic rings. The molecule has 41 heavy (non-hydrogen) atoms. The van der Waals surface area contributed by atoms with Crippen molar-refractivity contribution in [3.05, 3.63) is 143 Å². The summed E-state index contributed by atoms with van der Waals surface area (Å²) in [7, 11) is 8.25. The van der Waals surface area contributed by atoms with Crippen LogP contribution in [0.15, 0.2) is 109 Å². The van der Waals surface area contributed by atoms with E-state index in [9.17, 15) is 13.2 Å². The Labute approximate surface area is 243 Å². The lowest BCUT2D eigenvalue weighted by Gasteiger charge is -2.49. The van der Waals surface area contributed by atoms with Gasteiger partial charge < -0.3 is 4.90 Å². The summed E-state index contributed by atoms with van der Waals surface area (Å²) in [4.78, 5) is 4.44. The molecule has 4 aromatic carbocycles. The number of nitrogens with zero attached hydrogens (tertiary/aromatic N) is 2. The van der Waals surface area contributed by atoms with Crippen LogP contribution < -0.4 is 0 Å². The van der Waals surface area contributed by atoms with Gasteiger partial charge in [-0.15, -0.1) is 0 Å². The van der Waals surface area contributed by atoms with Crippen molar-refractivity contribution in [3.8, 4) is 0 Å². The first-order valence-electron chi connectivity index (χ1n) is 14.2. The molecular weight excluding hydrogens is 517 g/mol. The Morgan fingerprint density at radius 2 is 1.24 bits per heavy atom. The largest absolute Gasteiger partial charge is 0.416 e. The van der Waals surface area contributed by atoms with E-state index in [1.165, 1.54) is 17.7 Å². The zero-order valence-electron chi connectivity index (χ0n) is 24.7. The van der Waals surface area contributed by atoms with E-state index in [2.05, 4.69) is 93.4 Å². The molecule has 2 nitrogen and oxygen atoms in total. The van der Waals surface area contributed by atoms with Crippen molar-refractivity contribution in [2.24, 2.45) is 0 Å². The highest BCUT2D eigenvalue weighted by atomic mass is 19.4. The van der Waals surface area contributed by atoms with Crippen molar-refractivity contribution in [1.82, 2.24) is 9.80 Å². The molecule has 0 saturated heterocycles. The van der Waals surface area contributed by atoms with Crippen LogP contribution in [-0.2, 0) is 24.6 Å². The second-order valence-corrected chi connectivity index (χ2v) is 11.6. The second kappa shape index (κ2) is 13.1. The van der Waals surface area contributed by atoms with Gasteiger partial charge in [-0.25, -0.2) is 0 Å². The molecule has 0 amide bonds. The van der Waals surface area contributed by atoms with Gasteiger partial charge >= 0.3 is 6.18 Å². The summed E-state index contributed by atoms with van der Waals surface area (Å²) in [6.45, 7) is 2.06. The van der Waals surface area contributed by atoms with E-state index < -0.39 is 17.3 Å². The minimum atomic E-state index is -4.42. The summed E-state index contributed by atoms with van der Waals surface area (Å²) >= 11 is 0. The summed E-state index contributed by atoms with van der Waals surface area (Å²) in [5.41, 5.74) is 4.06. The summed E-state index contributed by atoms with van der Waals surface area (Å²) in [5, 5.41) is 0. The molecule has 216 valence electrons. The standard InChI is InChI=1S/C36H41F3N2/c1-27-19-21-31(22-20-27)35(41(4)5,26-29-15-10-7-11-16-29)34(30-17-12-18-32(24-30)36(37,38)39)25-33(40(2)3)23-28-13-8-6-9-14-28/h6-22,24,33-34H,23,25-26H2,1-5H3. The predicted molar refractivity (Wildman–Crippen MR) is 163 cm³/mol. The minimum Gasteiger partial charge on any atom is -0.306 e. The quantitative estimate of drug-likeness (QED) is 0.183. The second-order valence-electron chi connectivity index (χ2n) is 11.6. The van der Waals surface area contributed by atoms with Crippen molar-refractivity contribution in [1.29, 1.82) is 0 Å². The van der Waals surface area contributed by atoms with Crippen LogP contribution in [0, 0.1) is 6.92 Å². The van der Waals surface area contributed by atoms with E-state index in [4.69, 9.17) is 0 Å². The van der Waals surface area contributed by atoms with E-state index in [-0.39, 0.29) is 12.0 Å². The lowest BCUT2D eigenvalue weighted by molar-refractivity contribution is -0.137. The average Bonchev–Trinajstić information content (AvgIpc) is 2.95. The highest BCUT2D eigenvalue weighted by molar-refractivity contribution is 5.39. The van der Waals surface area contributed by atoms with Gasteiger partial charge in [-0.1, -0.05) is 109 Å². The highest BCUT2D eigenvalue weighted by Crippen LogP contribution is 2.47. The fourth-order valence-corrected chi connectivity index (χ4v) is 6.08. The molecule has 3 unspecified atom stereocenters. The van der Waals surface area contributed by atoms with Crippen molar-refractivity contribution in [2.45, 2.75) is 49.9 Å². The molecule has 3 atom stereocenters. The van der Waals surface area contributed by atoms with Crippen LogP contribution in [0.1, 0.15) is 45.7 Å². The molecule has 4 aromatic rings. The first-order chi connectivity index (χ1) is 19.5. The van der Waals surface area contributed by atoms with Crippen LogP contribution in [0.4, 0.5) is 13.2 Å². The summed E-state index contributed by atoms with van der Waals surface area (Å²) < 4.78 is 42.2. The van der Waals surface area contributed by atoms with Gasteiger partial charge in [0.25, 0.3) is 0 Å². The molecule has 0 fully saturated rings.